The zero-order valence-electron chi connectivity index (χ0n) is 11.1. The number of hydrogen-bond acceptors (Lipinski definition) is 4. The fourth-order valence-corrected chi connectivity index (χ4v) is 1.93. The van der Waals surface area contributed by atoms with E-state index in [0.29, 0.717) is 5.69 Å². The molecule has 104 valence electrons. The molecular weight excluding hydrogens is 260 g/mol. The third-order valence-corrected chi connectivity index (χ3v) is 2.91. The highest BCUT2D eigenvalue weighted by atomic mass is 16.5. The molecule has 0 radical (unpaired) electrons. The molecule has 6 nitrogen and oxygen atoms in total. The van der Waals surface area contributed by atoms with Crippen LogP contribution in [0.15, 0.2) is 29.1 Å². The number of H-pyrrole nitrogens is 1. The van der Waals surface area contributed by atoms with Gasteiger partial charge < -0.3 is 9.84 Å². The van der Waals surface area contributed by atoms with Crippen molar-refractivity contribution in [1.29, 1.82) is 0 Å². The van der Waals surface area contributed by atoms with Crippen LogP contribution in [0, 0.1) is 6.92 Å². The average Bonchev–Trinajstić information content (AvgIpc) is 2.40. The number of aromatic amines is 1. The van der Waals surface area contributed by atoms with E-state index >= 15 is 0 Å². The van der Waals surface area contributed by atoms with Crippen LogP contribution in [0.2, 0.25) is 0 Å². The Bertz CT molecular complexity index is 707. The number of nitrogens with zero attached hydrogens (tertiary/aromatic N) is 1. The van der Waals surface area contributed by atoms with Gasteiger partial charge >= 0.3 is 5.97 Å². The van der Waals surface area contributed by atoms with Gasteiger partial charge in [-0.1, -0.05) is 0 Å². The summed E-state index contributed by atoms with van der Waals surface area (Å²) >= 11 is 0. The van der Waals surface area contributed by atoms with Crippen LogP contribution >= 0.6 is 0 Å². The third-order valence-electron chi connectivity index (χ3n) is 2.91. The van der Waals surface area contributed by atoms with Crippen LogP contribution in [-0.2, 0) is 11.2 Å². The molecule has 0 amide bonds. The molecule has 2 aromatic rings. The molecule has 1 aromatic heterocycles. The van der Waals surface area contributed by atoms with E-state index in [1.54, 1.807) is 19.2 Å². The Hall–Kier alpha value is -2.63. The molecule has 0 aliphatic rings. The Morgan fingerprint density at radius 1 is 1.40 bits per heavy atom. The largest absolute Gasteiger partial charge is 0.496 e. The summed E-state index contributed by atoms with van der Waals surface area (Å²) in [6.45, 7) is 1.90. The van der Waals surface area contributed by atoms with Gasteiger partial charge in [-0.15, -0.1) is 0 Å². The fraction of sp³-hybridized carbons (Fsp3) is 0.214. The van der Waals surface area contributed by atoms with Crippen LogP contribution in [0.4, 0.5) is 0 Å². The summed E-state index contributed by atoms with van der Waals surface area (Å²) < 4.78 is 5.18. The van der Waals surface area contributed by atoms with E-state index in [9.17, 15) is 9.59 Å². The van der Waals surface area contributed by atoms with E-state index < -0.39 is 11.5 Å². The van der Waals surface area contributed by atoms with Crippen molar-refractivity contribution in [2.45, 2.75) is 13.3 Å². The highest BCUT2D eigenvalue weighted by molar-refractivity contribution is 5.71. The van der Waals surface area contributed by atoms with Crippen molar-refractivity contribution in [3.63, 3.8) is 0 Å². The van der Waals surface area contributed by atoms with Gasteiger partial charge in [-0.05, 0) is 36.8 Å². The van der Waals surface area contributed by atoms with Crippen LogP contribution in [0.1, 0.15) is 11.1 Å². The molecule has 6 heteroatoms. The highest BCUT2D eigenvalue weighted by Gasteiger charge is 2.10. The lowest BCUT2D eigenvalue weighted by Gasteiger charge is -2.07. The van der Waals surface area contributed by atoms with Gasteiger partial charge in [-0.25, -0.2) is 5.10 Å². The lowest BCUT2D eigenvalue weighted by Crippen LogP contribution is -2.17. The Morgan fingerprint density at radius 3 is 2.75 bits per heavy atom. The van der Waals surface area contributed by atoms with Crippen molar-refractivity contribution in [3.05, 3.63) is 45.7 Å². The summed E-state index contributed by atoms with van der Waals surface area (Å²) in [5.41, 5.74) is 1.92. The molecule has 20 heavy (non-hydrogen) atoms. The summed E-state index contributed by atoms with van der Waals surface area (Å²) in [5, 5.41) is 15.0. The minimum atomic E-state index is -1.06. The first kappa shape index (κ1) is 13.8. The first-order chi connectivity index (χ1) is 9.51. The molecule has 2 rings (SSSR count). The SMILES string of the molecule is COc1ccc(-c2cc(CC(=O)O)c(=O)[nH]n2)cc1C. The van der Waals surface area contributed by atoms with E-state index in [2.05, 4.69) is 10.2 Å². The highest BCUT2D eigenvalue weighted by Crippen LogP contribution is 2.24. The van der Waals surface area contributed by atoms with Crippen LogP contribution in [-0.4, -0.2) is 28.4 Å². The standard InChI is InChI=1S/C14H14N2O4/c1-8-5-9(3-4-12(8)20-2)11-6-10(7-13(17)18)14(19)16-15-11/h3-6H,7H2,1-2H3,(H,16,19)(H,17,18). The maximum absolute atomic E-state index is 11.5. The molecule has 1 aromatic carbocycles. The molecule has 0 aliphatic carbocycles. The lowest BCUT2D eigenvalue weighted by molar-refractivity contribution is -0.136. The second-order valence-corrected chi connectivity index (χ2v) is 4.36. The molecule has 0 saturated heterocycles. The molecule has 0 unspecified atom stereocenters. The number of carboxylic acids is 1. The monoisotopic (exact) mass is 274 g/mol. The summed E-state index contributed by atoms with van der Waals surface area (Å²) in [7, 11) is 1.59. The molecule has 0 aliphatic heterocycles. The van der Waals surface area contributed by atoms with Crippen LogP contribution < -0.4 is 10.3 Å². The van der Waals surface area contributed by atoms with Gasteiger partial charge in [0.25, 0.3) is 5.56 Å². The Balaban J connectivity index is 2.45. The lowest BCUT2D eigenvalue weighted by atomic mass is 10.1. The van der Waals surface area contributed by atoms with Crippen molar-refractivity contribution in [1.82, 2.24) is 10.2 Å². The molecule has 2 N–H and O–H groups in total. The molecule has 0 fully saturated rings. The number of aliphatic carboxylic acids is 1. The van der Waals surface area contributed by atoms with E-state index in [1.165, 1.54) is 6.07 Å². The maximum atomic E-state index is 11.5. The second-order valence-electron chi connectivity index (χ2n) is 4.36. The van der Waals surface area contributed by atoms with Crippen molar-refractivity contribution in [3.8, 4) is 17.0 Å². The smallest absolute Gasteiger partial charge is 0.308 e. The minimum absolute atomic E-state index is 0.177. The van der Waals surface area contributed by atoms with E-state index in [-0.39, 0.29) is 12.0 Å². The molecule has 0 bridgehead atoms. The van der Waals surface area contributed by atoms with Gasteiger partial charge in [0, 0.05) is 11.1 Å². The summed E-state index contributed by atoms with van der Waals surface area (Å²) in [6.07, 6.45) is -0.333. The number of benzene rings is 1. The van der Waals surface area contributed by atoms with Crippen LogP contribution in [0.5, 0.6) is 5.75 Å². The molecule has 0 atom stereocenters. The van der Waals surface area contributed by atoms with Crippen molar-refractivity contribution < 1.29 is 14.6 Å². The Kier molecular flexibility index (Phi) is 3.84. The first-order valence-corrected chi connectivity index (χ1v) is 5.96. The van der Waals surface area contributed by atoms with Gasteiger partial charge in [0.2, 0.25) is 0 Å². The number of methoxy groups -OCH3 is 1. The Morgan fingerprint density at radius 2 is 2.15 bits per heavy atom. The number of carbonyl (C=O) groups is 1. The zero-order chi connectivity index (χ0) is 14.7. The second kappa shape index (κ2) is 5.56. The number of aryl methyl sites for hydroxylation is 1. The molecule has 0 spiro atoms. The molecule has 0 saturated carbocycles. The number of carboxylic acid groups (broad SMARTS) is 1. The number of rotatable bonds is 4. The topological polar surface area (TPSA) is 92.3 Å². The van der Waals surface area contributed by atoms with E-state index in [0.717, 1.165) is 16.9 Å². The van der Waals surface area contributed by atoms with Crippen molar-refractivity contribution in [2.75, 3.05) is 7.11 Å². The molecular formula is C14H14N2O4. The van der Waals surface area contributed by atoms with Gasteiger partial charge in [0.05, 0.1) is 19.2 Å². The van der Waals surface area contributed by atoms with Gasteiger partial charge in [-0.3, -0.25) is 9.59 Å². The summed E-state index contributed by atoms with van der Waals surface area (Å²) in [5.74, 6) is -0.303. The average molecular weight is 274 g/mol. The molecule has 1 heterocycles. The van der Waals surface area contributed by atoms with E-state index in [1.807, 2.05) is 13.0 Å². The number of aromatic nitrogens is 2. The van der Waals surface area contributed by atoms with E-state index in [4.69, 9.17) is 9.84 Å². The predicted octanol–water partition coefficient (Wildman–Crippen LogP) is 1.38. The number of ether oxygens (including phenoxy) is 1. The zero-order valence-corrected chi connectivity index (χ0v) is 11.1. The number of nitrogens with one attached hydrogen (secondary N) is 1. The predicted molar refractivity (Wildman–Crippen MR) is 72.9 cm³/mol. The Labute approximate surface area is 115 Å². The first-order valence-electron chi connectivity index (χ1n) is 5.96. The van der Waals surface area contributed by atoms with Crippen LogP contribution in [0.25, 0.3) is 11.3 Å². The third kappa shape index (κ3) is 2.85. The number of hydrogen-bond donors (Lipinski definition) is 2. The summed E-state index contributed by atoms with van der Waals surface area (Å²) in [6, 6.07) is 6.96. The van der Waals surface area contributed by atoms with Gasteiger partial charge in [-0.2, -0.15) is 5.10 Å². The van der Waals surface area contributed by atoms with Crippen molar-refractivity contribution in [2.24, 2.45) is 0 Å². The quantitative estimate of drug-likeness (QED) is 0.878. The van der Waals surface area contributed by atoms with Gasteiger partial charge in [0.1, 0.15) is 5.75 Å². The minimum Gasteiger partial charge on any atom is -0.496 e. The maximum Gasteiger partial charge on any atom is 0.308 e. The normalized spacial score (nSPS) is 10.3. The summed E-state index contributed by atoms with van der Waals surface area (Å²) in [4.78, 5) is 22.2. The van der Waals surface area contributed by atoms with Gasteiger partial charge in [0.15, 0.2) is 0 Å². The van der Waals surface area contributed by atoms with Crippen molar-refractivity contribution >= 4 is 5.97 Å². The fourth-order valence-electron chi connectivity index (χ4n) is 1.93. The van der Waals surface area contributed by atoms with Crippen LogP contribution in [0.3, 0.4) is 0 Å².